The molecule has 156 valence electrons. The minimum absolute atomic E-state index is 0.104. The van der Waals surface area contributed by atoms with Crippen LogP contribution in [0, 0.1) is 12.7 Å². The number of hydrogen-bond donors (Lipinski definition) is 2. The summed E-state index contributed by atoms with van der Waals surface area (Å²) in [5.74, 6) is 1.11. The first-order valence-electron chi connectivity index (χ1n) is 10.4. The summed E-state index contributed by atoms with van der Waals surface area (Å²) < 4.78 is 20.2. The number of thiocarbonyl (C=S) groups is 1. The van der Waals surface area contributed by atoms with Crippen molar-refractivity contribution in [3.8, 4) is 5.75 Å². The molecule has 1 aliphatic carbocycles. The van der Waals surface area contributed by atoms with E-state index in [9.17, 15) is 9.50 Å². The third kappa shape index (κ3) is 2.99. The fourth-order valence-electron chi connectivity index (χ4n) is 4.89. The Kier molecular flexibility index (Phi) is 4.75. The van der Waals surface area contributed by atoms with E-state index in [0.29, 0.717) is 23.0 Å². The lowest BCUT2D eigenvalue weighted by Crippen LogP contribution is -2.65. The first kappa shape index (κ1) is 19.5. The Morgan fingerprint density at radius 2 is 1.97 bits per heavy atom. The first-order valence-corrected chi connectivity index (χ1v) is 10.8. The van der Waals surface area contributed by atoms with Crippen molar-refractivity contribution < 1.29 is 14.2 Å². The van der Waals surface area contributed by atoms with Gasteiger partial charge in [0.25, 0.3) is 0 Å². The molecule has 0 atom stereocenters. The molecule has 3 aliphatic rings. The van der Waals surface area contributed by atoms with E-state index < -0.39 is 0 Å². The number of pyridine rings is 1. The standard InChI is InChI=1S/C23H24FN3O2S/c1-14-20-18(15(13-28)12-25-14)11-19-21(30)26-23(9-3-2-4-10-23)27(22(19)29-20)17-7-5-16(24)6-8-17/h5-8,12,28H,2-4,9-11,13H2,1H3,(H,26,30). The first-order chi connectivity index (χ1) is 14.5. The highest BCUT2D eigenvalue weighted by Crippen LogP contribution is 2.45. The summed E-state index contributed by atoms with van der Waals surface area (Å²) in [6.07, 6.45) is 7.46. The second-order valence-corrected chi connectivity index (χ2v) is 8.66. The molecule has 1 spiro atoms. The van der Waals surface area contributed by atoms with Crippen LogP contribution in [0.4, 0.5) is 10.1 Å². The molecule has 0 unspecified atom stereocenters. The number of fused-ring (bicyclic) bond motifs is 1. The van der Waals surface area contributed by atoms with E-state index in [0.717, 1.165) is 53.8 Å². The van der Waals surface area contributed by atoms with Gasteiger partial charge >= 0.3 is 0 Å². The van der Waals surface area contributed by atoms with Crippen molar-refractivity contribution in [1.82, 2.24) is 10.3 Å². The number of nitrogens with one attached hydrogen (secondary N) is 1. The number of nitrogens with zero attached hydrogens (tertiary/aromatic N) is 2. The van der Waals surface area contributed by atoms with E-state index in [2.05, 4.69) is 15.2 Å². The van der Waals surface area contributed by atoms with Crippen molar-refractivity contribution in [2.45, 2.75) is 57.7 Å². The Labute approximate surface area is 180 Å². The highest BCUT2D eigenvalue weighted by Gasteiger charge is 2.47. The predicted molar refractivity (Wildman–Crippen MR) is 117 cm³/mol. The van der Waals surface area contributed by atoms with E-state index in [4.69, 9.17) is 17.0 Å². The summed E-state index contributed by atoms with van der Waals surface area (Å²) in [6, 6.07) is 6.54. The van der Waals surface area contributed by atoms with Gasteiger partial charge in [0.05, 0.1) is 17.9 Å². The molecule has 1 aromatic heterocycles. The number of hydrogen-bond acceptors (Lipinski definition) is 5. The number of anilines is 1. The Hall–Kier alpha value is -2.51. The minimum atomic E-state index is -0.389. The predicted octanol–water partition coefficient (Wildman–Crippen LogP) is 4.27. The number of aliphatic hydroxyl groups excluding tert-OH is 1. The molecule has 1 saturated carbocycles. The zero-order chi connectivity index (χ0) is 20.9. The van der Waals surface area contributed by atoms with Gasteiger partial charge in [0.1, 0.15) is 16.5 Å². The summed E-state index contributed by atoms with van der Waals surface area (Å²) >= 11 is 5.81. The van der Waals surface area contributed by atoms with Crippen LogP contribution < -0.4 is 15.0 Å². The van der Waals surface area contributed by atoms with Crippen molar-refractivity contribution in [2.24, 2.45) is 0 Å². The molecule has 5 rings (SSSR count). The van der Waals surface area contributed by atoms with Gasteiger partial charge < -0.3 is 15.2 Å². The van der Waals surface area contributed by atoms with Crippen molar-refractivity contribution in [2.75, 3.05) is 4.90 Å². The van der Waals surface area contributed by atoms with Crippen LogP contribution in [0.25, 0.3) is 0 Å². The zero-order valence-corrected chi connectivity index (χ0v) is 17.7. The normalized spacial score (nSPS) is 19.8. The van der Waals surface area contributed by atoms with E-state index in [1.54, 1.807) is 18.3 Å². The average Bonchev–Trinajstić information content (AvgIpc) is 2.75. The summed E-state index contributed by atoms with van der Waals surface area (Å²) in [5, 5.41) is 13.4. The van der Waals surface area contributed by atoms with Gasteiger partial charge in [-0.1, -0.05) is 18.6 Å². The maximum absolute atomic E-state index is 13.7. The van der Waals surface area contributed by atoms with Crippen molar-refractivity contribution in [1.29, 1.82) is 0 Å². The molecular weight excluding hydrogens is 401 g/mol. The van der Waals surface area contributed by atoms with Crippen LogP contribution in [0.2, 0.25) is 0 Å². The molecule has 5 nitrogen and oxygen atoms in total. The highest BCUT2D eigenvalue weighted by atomic mass is 32.1. The van der Waals surface area contributed by atoms with Crippen LogP contribution in [0.5, 0.6) is 5.75 Å². The number of benzene rings is 1. The lowest BCUT2D eigenvalue weighted by Gasteiger charge is -2.53. The molecule has 3 heterocycles. The third-order valence-corrected chi connectivity index (χ3v) is 6.75. The van der Waals surface area contributed by atoms with Crippen LogP contribution in [-0.4, -0.2) is 20.7 Å². The second-order valence-electron chi connectivity index (χ2n) is 8.26. The summed E-state index contributed by atoms with van der Waals surface area (Å²) in [4.78, 5) is 7.27. The van der Waals surface area contributed by atoms with Gasteiger partial charge in [-0.25, -0.2) is 4.39 Å². The molecule has 2 N–H and O–H groups in total. The molecule has 0 amide bonds. The van der Waals surface area contributed by atoms with Crippen LogP contribution in [0.3, 0.4) is 0 Å². The molecule has 0 bridgehead atoms. The van der Waals surface area contributed by atoms with Gasteiger partial charge in [0.15, 0.2) is 5.75 Å². The van der Waals surface area contributed by atoms with Gasteiger partial charge in [0.2, 0.25) is 5.88 Å². The molecule has 0 radical (unpaired) electrons. The SMILES string of the molecule is Cc1ncc(CO)c2c1OC1=C(C2)C(=S)NC2(CCCCC2)N1c1ccc(F)cc1. The van der Waals surface area contributed by atoms with Crippen LogP contribution in [0.15, 0.2) is 41.9 Å². The quantitative estimate of drug-likeness (QED) is 0.701. The second kappa shape index (κ2) is 7.32. The van der Waals surface area contributed by atoms with Gasteiger partial charge in [-0.15, -0.1) is 0 Å². The highest BCUT2D eigenvalue weighted by molar-refractivity contribution is 7.80. The maximum Gasteiger partial charge on any atom is 0.209 e. The van der Waals surface area contributed by atoms with Crippen molar-refractivity contribution in [3.05, 3.63) is 64.6 Å². The zero-order valence-electron chi connectivity index (χ0n) is 16.9. The van der Waals surface area contributed by atoms with Gasteiger partial charge in [-0.3, -0.25) is 9.88 Å². The summed E-state index contributed by atoms with van der Waals surface area (Å²) in [7, 11) is 0. The van der Waals surface area contributed by atoms with E-state index in [1.165, 1.54) is 18.6 Å². The Balaban J connectivity index is 1.68. The molecule has 7 heteroatoms. The van der Waals surface area contributed by atoms with Gasteiger partial charge in [-0.05, 0) is 56.9 Å². The molecule has 1 aromatic carbocycles. The van der Waals surface area contributed by atoms with Crippen LogP contribution >= 0.6 is 12.2 Å². The smallest absolute Gasteiger partial charge is 0.209 e. The van der Waals surface area contributed by atoms with E-state index in [-0.39, 0.29) is 18.1 Å². The minimum Gasteiger partial charge on any atom is -0.438 e. The average molecular weight is 426 g/mol. The Morgan fingerprint density at radius 1 is 1.23 bits per heavy atom. The molecule has 2 aliphatic heterocycles. The molecule has 1 fully saturated rings. The topological polar surface area (TPSA) is 57.6 Å². The molecular formula is C23H24FN3O2S. The number of aryl methyl sites for hydroxylation is 1. The summed E-state index contributed by atoms with van der Waals surface area (Å²) in [5.41, 5.74) is 3.81. The maximum atomic E-state index is 13.7. The lowest BCUT2D eigenvalue weighted by atomic mass is 9.84. The summed E-state index contributed by atoms with van der Waals surface area (Å²) in [6.45, 7) is 1.80. The Morgan fingerprint density at radius 3 is 2.67 bits per heavy atom. The van der Waals surface area contributed by atoms with Crippen molar-refractivity contribution >= 4 is 22.9 Å². The number of halogens is 1. The number of rotatable bonds is 2. The van der Waals surface area contributed by atoms with Crippen LogP contribution in [0.1, 0.15) is 48.9 Å². The molecule has 0 saturated heterocycles. The Bertz CT molecular complexity index is 1050. The number of aliphatic hydroxyl groups is 1. The van der Waals surface area contributed by atoms with Crippen LogP contribution in [-0.2, 0) is 13.0 Å². The fraction of sp³-hybridized carbons (Fsp3) is 0.391. The fourth-order valence-corrected chi connectivity index (χ4v) is 5.24. The van der Waals surface area contributed by atoms with E-state index in [1.807, 2.05) is 6.92 Å². The number of aromatic nitrogens is 1. The molecule has 30 heavy (non-hydrogen) atoms. The van der Waals surface area contributed by atoms with Gasteiger partial charge in [-0.2, -0.15) is 0 Å². The monoisotopic (exact) mass is 425 g/mol. The van der Waals surface area contributed by atoms with Crippen molar-refractivity contribution in [3.63, 3.8) is 0 Å². The largest absolute Gasteiger partial charge is 0.438 e. The number of ether oxygens (including phenoxy) is 1. The van der Waals surface area contributed by atoms with E-state index >= 15 is 0 Å². The lowest BCUT2D eigenvalue weighted by molar-refractivity contribution is 0.224. The van der Waals surface area contributed by atoms with Gasteiger partial charge in [0, 0.05) is 29.4 Å². The molecule has 2 aromatic rings. The third-order valence-electron chi connectivity index (χ3n) is 6.40.